The molecule has 0 unspecified atom stereocenters. The van der Waals surface area contributed by atoms with Gasteiger partial charge in [0.25, 0.3) is 5.91 Å². The Kier molecular flexibility index (Phi) is 4.00. The Morgan fingerprint density at radius 2 is 1.80 bits per heavy atom. The number of nitrogens with one attached hydrogen (secondary N) is 1. The van der Waals surface area contributed by atoms with Crippen LogP contribution in [0.1, 0.15) is 27.0 Å². The molecule has 0 saturated heterocycles. The monoisotopic (exact) mass is 288 g/mol. The van der Waals surface area contributed by atoms with Crippen LogP contribution in [0.4, 0.5) is 11.4 Å². The first-order chi connectivity index (χ1) is 9.41. The predicted molar refractivity (Wildman–Crippen MR) is 84.5 cm³/mol. The highest BCUT2D eigenvalue weighted by Gasteiger charge is 2.14. The van der Waals surface area contributed by atoms with Gasteiger partial charge in [0, 0.05) is 10.6 Å². The van der Waals surface area contributed by atoms with E-state index in [2.05, 4.69) is 5.32 Å². The Morgan fingerprint density at radius 3 is 2.50 bits per heavy atom. The standard InChI is InChI=1S/C16H17ClN2O/c1-9-7-8-14(18)15(10(9)2)19-16(20)12-5-4-6-13(17)11(12)3/h4-8H,18H2,1-3H3,(H,19,20). The minimum Gasteiger partial charge on any atom is -0.397 e. The third kappa shape index (κ3) is 2.63. The van der Waals surface area contributed by atoms with E-state index < -0.39 is 0 Å². The van der Waals surface area contributed by atoms with Gasteiger partial charge in [0.2, 0.25) is 0 Å². The molecule has 20 heavy (non-hydrogen) atoms. The third-order valence-corrected chi connectivity index (χ3v) is 3.93. The summed E-state index contributed by atoms with van der Waals surface area (Å²) in [5, 5.41) is 3.46. The van der Waals surface area contributed by atoms with Gasteiger partial charge in [-0.2, -0.15) is 0 Å². The molecule has 0 aromatic heterocycles. The van der Waals surface area contributed by atoms with Crippen molar-refractivity contribution in [3.8, 4) is 0 Å². The molecule has 0 atom stereocenters. The van der Waals surface area contributed by atoms with Crippen LogP contribution in [0.5, 0.6) is 0 Å². The van der Waals surface area contributed by atoms with E-state index in [1.54, 1.807) is 24.3 Å². The normalized spacial score (nSPS) is 10.4. The molecule has 2 aromatic carbocycles. The molecule has 2 rings (SSSR count). The summed E-state index contributed by atoms with van der Waals surface area (Å²) < 4.78 is 0. The Balaban J connectivity index is 2.38. The SMILES string of the molecule is Cc1ccc(N)c(NC(=O)c2cccc(Cl)c2C)c1C. The zero-order valence-electron chi connectivity index (χ0n) is 11.8. The summed E-state index contributed by atoms with van der Waals surface area (Å²) in [6.45, 7) is 5.74. The van der Waals surface area contributed by atoms with E-state index in [0.29, 0.717) is 22.0 Å². The smallest absolute Gasteiger partial charge is 0.256 e. The number of benzene rings is 2. The minimum absolute atomic E-state index is 0.203. The highest BCUT2D eigenvalue weighted by Crippen LogP contribution is 2.27. The Hall–Kier alpha value is -2.00. The maximum Gasteiger partial charge on any atom is 0.256 e. The lowest BCUT2D eigenvalue weighted by atomic mass is 10.0. The highest BCUT2D eigenvalue weighted by molar-refractivity contribution is 6.32. The number of nitrogen functional groups attached to an aromatic ring is 1. The summed E-state index contributed by atoms with van der Waals surface area (Å²) in [5.74, 6) is -0.203. The molecule has 3 N–H and O–H groups in total. The molecule has 0 fully saturated rings. The van der Waals surface area contributed by atoms with Crippen molar-refractivity contribution in [3.63, 3.8) is 0 Å². The van der Waals surface area contributed by atoms with Crippen molar-refractivity contribution >= 4 is 28.9 Å². The van der Waals surface area contributed by atoms with Gasteiger partial charge in [0.15, 0.2) is 0 Å². The van der Waals surface area contributed by atoms with E-state index in [9.17, 15) is 4.79 Å². The van der Waals surface area contributed by atoms with Crippen LogP contribution < -0.4 is 11.1 Å². The summed E-state index contributed by atoms with van der Waals surface area (Å²) in [6.07, 6.45) is 0. The number of hydrogen-bond acceptors (Lipinski definition) is 2. The third-order valence-electron chi connectivity index (χ3n) is 3.52. The molecule has 0 radical (unpaired) electrons. The summed E-state index contributed by atoms with van der Waals surface area (Å²) >= 11 is 6.04. The first-order valence-corrected chi connectivity index (χ1v) is 6.71. The van der Waals surface area contributed by atoms with Gasteiger partial charge in [-0.15, -0.1) is 0 Å². The molecule has 0 bridgehead atoms. The van der Waals surface area contributed by atoms with Gasteiger partial charge < -0.3 is 11.1 Å². The highest BCUT2D eigenvalue weighted by atomic mass is 35.5. The lowest BCUT2D eigenvalue weighted by Crippen LogP contribution is -2.16. The predicted octanol–water partition coefficient (Wildman–Crippen LogP) is 4.10. The van der Waals surface area contributed by atoms with Gasteiger partial charge in [-0.3, -0.25) is 4.79 Å². The van der Waals surface area contributed by atoms with Crippen LogP contribution in [-0.4, -0.2) is 5.91 Å². The summed E-state index contributed by atoms with van der Waals surface area (Å²) in [7, 11) is 0. The number of rotatable bonds is 2. The largest absolute Gasteiger partial charge is 0.397 e. The molecule has 0 heterocycles. The van der Waals surface area contributed by atoms with E-state index in [-0.39, 0.29) is 5.91 Å². The molecule has 0 aliphatic heterocycles. The second kappa shape index (κ2) is 5.55. The van der Waals surface area contributed by atoms with Gasteiger partial charge in [-0.25, -0.2) is 0 Å². The van der Waals surface area contributed by atoms with E-state index >= 15 is 0 Å². The van der Waals surface area contributed by atoms with E-state index in [4.69, 9.17) is 17.3 Å². The van der Waals surface area contributed by atoms with Gasteiger partial charge in [0.1, 0.15) is 0 Å². The topological polar surface area (TPSA) is 55.1 Å². The number of anilines is 2. The Bertz CT molecular complexity index is 680. The van der Waals surface area contributed by atoms with Crippen molar-refractivity contribution in [3.05, 3.63) is 57.6 Å². The van der Waals surface area contributed by atoms with E-state index in [1.807, 2.05) is 26.8 Å². The summed E-state index contributed by atoms with van der Waals surface area (Å²) in [4.78, 5) is 12.4. The minimum atomic E-state index is -0.203. The first-order valence-electron chi connectivity index (χ1n) is 6.34. The van der Waals surface area contributed by atoms with Crippen molar-refractivity contribution in [1.29, 1.82) is 0 Å². The number of amides is 1. The second-order valence-corrected chi connectivity index (χ2v) is 5.25. The van der Waals surface area contributed by atoms with Gasteiger partial charge in [-0.05, 0) is 55.7 Å². The van der Waals surface area contributed by atoms with E-state index in [0.717, 1.165) is 16.7 Å². The number of halogens is 1. The van der Waals surface area contributed by atoms with Gasteiger partial charge in [-0.1, -0.05) is 23.7 Å². The number of nitrogens with two attached hydrogens (primary N) is 1. The van der Waals surface area contributed by atoms with Crippen LogP contribution in [-0.2, 0) is 0 Å². The fraction of sp³-hybridized carbons (Fsp3) is 0.188. The van der Waals surface area contributed by atoms with Crippen molar-refractivity contribution in [2.45, 2.75) is 20.8 Å². The zero-order valence-corrected chi connectivity index (χ0v) is 12.5. The second-order valence-electron chi connectivity index (χ2n) is 4.84. The lowest BCUT2D eigenvalue weighted by Gasteiger charge is -2.14. The Labute approximate surface area is 123 Å². The molecule has 4 heteroatoms. The number of carbonyl (C=O) groups excluding carboxylic acids is 1. The molecule has 0 aliphatic rings. The van der Waals surface area contributed by atoms with Crippen LogP contribution in [0.2, 0.25) is 5.02 Å². The summed E-state index contributed by atoms with van der Waals surface area (Å²) in [6, 6.07) is 9.00. The quantitative estimate of drug-likeness (QED) is 0.818. The molecule has 3 nitrogen and oxygen atoms in total. The maximum absolute atomic E-state index is 12.4. The fourth-order valence-electron chi connectivity index (χ4n) is 2.04. The van der Waals surface area contributed by atoms with Gasteiger partial charge >= 0.3 is 0 Å². The van der Waals surface area contributed by atoms with Crippen LogP contribution in [0.25, 0.3) is 0 Å². The molecule has 1 amide bonds. The van der Waals surface area contributed by atoms with Crippen LogP contribution in [0.15, 0.2) is 30.3 Å². The van der Waals surface area contributed by atoms with Crippen molar-refractivity contribution in [2.24, 2.45) is 0 Å². The van der Waals surface area contributed by atoms with Gasteiger partial charge in [0.05, 0.1) is 11.4 Å². The van der Waals surface area contributed by atoms with Crippen molar-refractivity contribution in [2.75, 3.05) is 11.1 Å². The van der Waals surface area contributed by atoms with Crippen LogP contribution in [0, 0.1) is 20.8 Å². The molecule has 0 aliphatic carbocycles. The van der Waals surface area contributed by atoms with Crippen molar-refractivity contribution < 1.29 is 4.79 Å². The molecular formula is C16H17ClN2O. The fourth-order valence-corrected chi connectivity index (χ4v) is 2.21. The summed E-state index contributed by atoms with van der Waals surface area (Å²) in [5.41, 5.74) is 10.5. The molecule has 104 valence electrons. The van der Waals surface area contributed by atoms with Crippen molar-refractivity contribution in [1.82, 2.24) is 0 Å². The average molecular weight is 289 g/mol. The number of carbonyl (C=O) groups is 1. The lowest BCUT2D eigenvalue weighted by molar-refractivity contribution is 0.102. The molecule has 2 aromatic rings. The molecular weight excluding hydrogens is 272 g/mol. The van der Waals surface area contributed by atoms with Crippen LogP contribution >= 0.6 is 11.6 Å². The van der Waals surface area contributed by atoms with E-state index in [1.165, 1.54) is 0 Å². The first kappa shape index (κ1) is 14.4. The Morgan fingerprint density at radius 1 is 1.10 bits per heavy atom. The molecule has 0 spiro atoms. The number of aryl methyl sites for hydroxylation is 1. The van der Waals surface area contributed by atoms with Crippen LogP contribution in [0.3, 0.4) is 0 Å². The number of hydrogen-bond donors (Lipinski definition) is 2. The zero-order chi connectivity index (χ0) is 14.9. The maximum atomic E-state index is 12.4. The average Bonchev–Trinajstić information content (AvgIpc) is 2.42. The molecule has 0 saturated carbocycles.